The number of methoxy groups -OCH3 is 1. The van der Waals surface area contributed by atoms with Gasteiger partial charge in [-0.15, -0.1) is 0 Å². The van der Waals surface area contributed by atoms with E-state index in [0.29, 0.717) is 6.42 Å². The molecule has 0 aliphatic heterocycles. The van der Waals surface area contributed by atoms with E-state index >= 15 is 0 Å². The number of sulfonamides is 1. The molecule has 1 atom stereocenters. The van der Waals surface area contributed by atoms with Crippen molar-refractivity contribution in [3.63, 3.8) is 0 Å². The lowest BCUT2D eigenvalue weighted by atomic mass is 10.0. The number of para-hydroxylation sites is 1. The Morgan fingerprint density at radius 2 is 1.74 bits per heavy atom. The van der Waals surface area contributed by atoms with Gasteiger partial charge in [-0.05, 0) is 61.7 Å². The van der Waals surface area contributed by atoms with Crippen molar-refractivity contribution >= 4 is 21.6 Å². The molecule has 0 spiro atoms. The summed E-state index contributed by atoms with van der Waals surface area (Å²) >= 11 is 0. The zero-order valence-electron chi connectivity index (χ0n) is 19.7. The van der Waals surface area contributed by atoms with E-state index in [9.17, 15) is 17.6 Å². The number of carbonyl (C=O) groups is 1. The molecule has 180 valence electrons. The summed E-state index contributed by atoms with van der Waals surface area (Å²) in [5.41, 5.74) is 2.48. The number of rotatable bonds is 9. The van der Waals surface area contributed by atoms with Crippen molar-refractivity contribution in [3.05, 3.63) is 89.2 Å². The number of nitrogens with zero attached hydrogens (tertiary/aromatic N) is 1. The Kier molecular flexibility index (Phi) is 7.94. The molecule has 0 fully saturated rings. The van der Waals surface area contributed by atoms with Crippen molar-refractivity contribution in [2.24, 2.45) is 0 Å². The van der Waals surface area contributed by atoms with Gasteiger partial charge in [0.2, 0.25) is 5.91 Å². The molecular formula is C26H29FN2O4S. The maximum Gasteiger partial charge on any atom is 0.264 e. The summed E-state index contributed by atoms with van der Waals surface area (Å²) in [5.74, 6) is -0.539. The number of aryl methyl sites for hydroxylation is 2. The maximum absolute atomic E-state index is 14.7. The topological polar surface area (TPSA) is 75.7 Å². The van der Waals surface area contributed by atoms with Crippen LogP contribution >= 0.6 is 0 Å². The fourth-order valence-corrected chi connectivity index (χ4v) is 5.13. The molecule has 3 aromatic rings. The van der Waals surface area contributed by atoms with Crippen molar-refractivity contribution in [1.29, 1.82) is 0 Å². The minimum absolute atomic E-state index is 0.0213. The van der Waals surface area contributed by atoms with Crippen LogP contribution in [0.4, 0.5) is 10.1 Å². The first kappa shape index (κ1) is 25.2. The van der Waals surface area contributed by atoms with E-state index in [1.807, 2.05) is 39.0 Å². The first-order valence-corrected chi connectivity index (χ1v) is 12.4. The molecule has 8 heteroatoms. The summed E-state index contributed by atoms with van der Waals surface area (Å²) in [6, 6.07) is 17.0. The predicted octanol–water partition coefficient (Wildman–Crippen LogP) is 4.91. The van der Waals surface area contributed by atoms with Crippen LogP contribution in [-0.2, 0) is 14.8 Å². The van der Waals surface area contributed by atoms with Gasteiger partial charge < -0.3 is 10.1 Å². The number of carbonyl (C=O) groups excluding carboxylic acids is 1. The second-order valence-electron chi connectivity index (χ2n) is 8.03. The van der Waals surface area contributed by atoms with Crippen LogP contribution in [0.15, 0.2) is 71.6 Å². The average Bonchev–Trinajstić information content (AvgIpc) is 2.81. The minimum atomic E-state index is -4.20. The third-order valence-corrected chi connectivity index (χ3v) is 7.36. The second kappa shape index (κ2) is 10.7. The highest BCUT2D eigenvalue weighted by Gasteiger charge is 2.29. The van der Waals surface area contributed by atoms with E-state index in [1.54, 1.807) is 19.2 Å². The Bertz CT molecular complexity index is 1260. The predicted molar refractivity (Wildman–Crippen MR) is 131 cm³/mol. The third-order valence-electron chi connectivity index (χ3n) is 5.58. The smallest absolute Gasteiger partial charge is 0.264 e. The summed E-state index contributed by atoms with van der Waals surface area (Å²) in [6.07, 6.45) is 0.585. The molecule has 1 unspecified atom stereocenters. The molecule has 34 heavy (non-hydrogen) atoms. The molecule has 3 rings (SSSR count). The molecule has 1 N–H and O–H groups in total. The number of benzene rings is 3. The van der Waals surface area contributed by atoms with Gasteiger partial charge in [-0.25, -0.2) is 12.8 Å². The standard InChI is InChI=1S/C26H29FN2O4S/c1-5-23(20-12-15-25(33-4)19(3)16-20)28-26(30)17-29(24-9-7-6-8-22(24)27)34(31,32)21-13-10-18(2)11-14-21/h6-16,23H,5,17H2,1-4H3,(H,28,30). The molecular weight excluding hydrogens is 455 g/mol. The van der Waals surface area contributed by atoms with Crippen molar-refractivity contribution in [2.75, 3.05) is 18.0 Å². The van der Waals surface area contributed by atoms with E-state index in [2.05, 4.69) is 5.32 Å². The van der Waals surface area contributed by atoms with Crippen LogP contribution < -0.4 is 14.4 Å². The first-order chi connectivity index (χ1) is 16.2. The summed E-state index contributed by atoms with van der Waals surface area (Å²) in [6.45, 7) is 5.10. The zero-order valence-corrected chi connectivity index (χ0v) is 20.5. The Morgan fingerprint density at radius 3 is 2.32 bits per heavy atom. The molecule has 6 nitrogen and oxygen atoms in total. The monoisotopic (exact) mass is 484 g/mol. The van der Waals surface area contributed by atoms with Crippen LogP contribution in [0.5, 0.6) is 5.75 Å². The highest BCUT2D eigenvalue weighted by atomic mass is 32.2. The number of hydrogen-bond acceptors (Lipinski definition) is 4. The number of ether oxygens (including phenoxy) is 1. The van der Waals surface area contributed by atoms with Gasteiger partial charge in [0.05, 0.1) is 23.7 Å². The van der Waals surface area contributed by atoms with Gasteiger partial charge in [0, 0.05) is 0 Å². The number of halogens is 1. The van der Waals surface area contributed by atoms with E-state index in [-0.39, 0.29) is 16.6 Å². The van der Waals surface area contributed by atoms with Crippen LogP contribution in [0.3, 0.4) is 0 Å². The largest absolute Gasteiger partial charge is 0.496 e. The summed E-state index contributed by atoms with van der Waals surface area (Å²) in [4.78, 5) is 13.0. The van der Waals surface area contributed by atoms with Crippen molar-refractivity contribution < 1.29 is 22.3 Å². The summed E-state index contributed by atoms with van der Waals surface area (Å²) in [5, 5.41) is 2.89. The number of hydrogen-bond donors (Lipinski definition) is 1. The molecule has 0 heterocycles. The average molecular weight is 485 g/mol. The Balaban J connectivity index is 1.91. The summed E-state index contributed by atoms with van der Waals surface area (Å²) in [7, 11) is -2.61. The SMILES string of the molecule is CCC(NC(=O)CN(c1ccccc1F)S(=O)(=O)c1ccc(C)cc1)c1ccc(OC)c(C)c1. The van der Waals surface area contributed by atoms with E-state index < -0.39 is 28.3 Å². The van der Waals surface area contributed by atoms with Gasteiger partial charge >= 0.3 is 0 Å². The molecule has 0 aromatic heterocycles. The lowest BCUT2D eigenvalue weighted by Crippen LogP contribution is -2.42. The Labute approximate surface area is 200 Å². The molecule has 3 aromatic carbocycles. The molecule has 0 aliphatic rings. The lowest BCUT2D eigenvalue weighted by Gasteiger charge is -2.26. The van der Waals surface area contributed by atoms with Crippen LogP contribution in [0, 0.1) is 19.7 Å². The molecule has 0 aliphatic carbocycles. The van der Waals surface area contributed by atoms with Crippen LogP contribution in [0.1, 0.15) is 36.1 Å². The highest BCUT2D eigenvalue weighted by Crippen LogP contribution is 2.27. The van der Waals surface area contributed by atoms with Gasteiger partial charge in [0.15, 0.2) is 0 Å². The highest BCUT2D eigenvalue weighted by molar-refractivity contribution is 7.92. The Morgan fingerprint density at radius 1 is 1.06 bits per heavy atom. The first-order valence-electron chi connectivity index (χ1n) is 10.9. The number of anilines is 1. The number of nitrogens with one attached hydrogen (secondary N) is 1. The second-order valence-corrected chi connectivity index (χ2v) is 9.90. The lowest BCUT2D eigenvalue weighted by molar-refractivity contribution is -0.120. The van der Waals surface area contributed by atoms with E-state index in [4.69, 9.17) is 4.74 Å². The van der Waals surface area contributed by atoms with Crippen molar-refractivity contribution in [2.45, 2.75) is 38.1 Å². The summed E-state index contributed by atoms with van der Waals surface area (Å²) < 4.78 is 47.6. The van der Waals surface area contributed by atoms with Crippen molar-refractivity contribution in [3.8, 4) is 5.75 Å². The molecule has 0 saturated heterocycles. The number of amides is 1. The Hall–Kier alpha value is -3.39. The third kappa shape index (κ3) is 5.56. The van der Waals surface area contributed by atoms with E-state index in [1.165, 1.54) is 36.4 Å². The van der Waals surface area contributed by atoms with Crippen molar-refractivity contribution in [1.82, 2.24) is 5.32 Å². The minimum Gasteiger partial charge on any atom is -0.496 e. The molecule has 0 bridgehead atoms. The van der Waals surface area contributed by atoms with E-state index in [0.717, 1.165) is 26.7 Å². The van der Waals surface area contributed by atoms with Gasteiger partial charge in [0.1, 0.15) is 18.1 Å². The fraction of sp³-hybridized carbons (Fsp3) is 0.269. The maximum atomic E-state index is 14.7. The van der Waals surface area contributed by atoms with Gasteiger partial charge in [-0.2, -0.15) is 0 Å². The molecule has 0 radical (unpaired) electrons. The molecule has 0 saturated carbocycles. The van der Waals surface area contributed by atoms with Crippen LogP contribution in [0.25, 0.3) is 0 Å². The van der Waals surface area contributed by atoms with Gasteiger partial charge in [-0.1, -0.05) is 48.9 Å². The normalized spacial score (nSPS) is 12.1. The molecule has 1 amide bonds. The van der Waals surface area contributed by atoms with Gasteiger partial charge in [0.25, 0.3) is 10.0 Å². The van der Waals surface area contributed by atoms with Crippen LogP contribution in [0.2, 0.25) is 0 Å². The fourth-order valence-electron chi connectivity index (χ4n) is 3.70. The van der Waals surface area contributed by atoms with Crippen LogP contribution in [-0.4, -0.2) is 28.0 Å². The quantitative estimate of drug-likeness (QED) is 0.468. The zero-order chi connectivity index (χ0) is 24.9. The van der Waals surface area contributed by atoms with Gasteiger partial charge in [-0.3, -0.25) is 9.10 Å².